The van der Waals surface area contributed by atoms with Gasteiger partial charge >= 0.3 is 0 Å². The van der Waals surface area contributed by atoms with Crippen molar-refractivity contribution in [3.8, 4) is 0 Å². The molecule has 0 unspecified atom stereocenters. The molecule has 0 aliphatic carbocycles. The highest BCUT2D eigenvalue weighted by Gasteiger charge is 2.36. The van der Waals surface area contributed by atoms with Gasteiger partial charge in [0.05, 0.1) is 0 Å². The summed E-state index contributed by atoms with van der Waals surface area (Å²) in [5.41, 5.74) is 26.6. The van der Waals surface area contributed by atoms with Crippen molar-refractivity contribution < 1.29 is 4.70 Å². The predicted octanol–water partition coefficient (Wildman–Crippen LogP) is 27.8. The molecule has 0 bridgehead atoms. The van der Waals surface area contributed by atoms with Gasteiger partial charge in [-0.15, -0.1) is 0 Å². The standard InChI is InChI=1S/C79H138N2/c1-7-13-19-22-25-27-29-31-33-35-37-39-41-43-45-47-49-51-55-60-72-64-70(58-17-11-5)66-74(68-72)78-76(62-54-16-10-4)77(63-57-53-24-21-15-9-3)79(81(78)80)75-67-71(59-18-12-6)65-73(69-75)61-56-52-50-48-46-44-42-40-38-36-34-32-30-28-26-23-20-14-8-2/h64-69H,7-63H2,1-6H3. The summed E-state index contributed by atoms with van der Waals surface area (Å²) in [6, 6.07) is 15.1. The smallest absolute Gasteiger partial charge is 0.211 e. The molecule has 464 valence electrons. The van der Waals surface area contributed by atoms with Gasteiger partial charge in [0.25, 0.3) is 0 Å². The van der Waals surface area contributed by atoms with Crippen molar-refractivity contribution in [2.24, 2.45) is 0 Å². The molecular formula is C79H138N2. The Balaban J connectivity index is 1.66. The first-order chi connectivity index (χ1) is 40.0. The summed E-state index contributed by atoms with van der Waals surface area (Å²) in [4.78, 5) is 0. The lowest BCUT2D eigenvalue weighted by molar-refractivity contribution is -0.345. The van der Waals surface area contributed by atoms with Crippen molar-refractivity contribution in [3.63, 3.8) is 0 Å². The first-order valence-corrected chi connectivity index (χ1v) is 37.2. The zero-order valence-electron chi connectivity index (χ0n) is 55.7. The van der Waals surface area contributed by atoms with E-state index in [2.05, 4.69) is 77.9 Å². The van der Waals surface area contributed by atoms with Gasteiger partial charge in [0.2, 0.25) is 11.4 Å². The van der Waals surface area contributed by atoms with Crippen LogP contribution in [0.25, 0.3) is 16.9 Å². The van der Waals surface area contributed by atoms with Crippen LogP contribution in [0.3, 0.4) is 0 Å². The molecule has 81 heavy (non-hydrogen) atoms. The molecule has 0 N–H and O–H groups in total. The van der Waals surface area contributed by atoms with Crippen LogP contribution < -0.4 is 0 Å². The van der Waals surface area contributed by atoms with Gasteiger partial charge in [-0.3, -0.25) is 0 Å². The van der Waals surface area contributed by atoms with E-state index in [4.69, 9.17) is 0 Å². The minimum atomic E-state index is 1.05. The molecular weight excluding hydrogens is 977 g/mol. The Hall–Kier alpha value is -2.48. The third-order valence-electron chi connectivity index (χ3n) is 18.6. The highest BCUT2D eigenvalue weighted by molar-refractivity contribution is 5.82. The van der Waals surface area contributed by atoms with Crippen LogP contribution in [-0.2, 0) is 25.7 Å². The van der Waals surface area contributed by atoms with Crippen LogP contribution in [0, 0.1) is 0 Å². The van der Waals surface area contributed by atoms with Crippen LogP contribution in [0.1, 0.15) is 415 Å². The Morgan fingerprint density at radius 3 is 0.617 bits per heavy atom. The summed E-state index contributed by atoms with van der Waals surface area (Å²) in [6.07, 6.45) is 76.8. The molecule has 2 nitrogen and oxygen atoms in total. The molecule has 0 saturated carbocycles. The van der Waals surface area contributed by atoms with E-state index in [1.165, 1.54) is 372 Å². The lowest BCUT2D eigenvalue weighted by Crippen LogP contribution is -2.05. The molecule has 2 heteroatoms. The quantitative estimate of drug-likeness (QED) is 0.0466. The number of benzene rings is 2. The molecule has 0 amide bonds. The van der Waals surface area contributed by atoms with Crippen molar-refractivity contribution in [3.05, 3.63) is 86.5 Å². The number of nitrogens with zero attached hydrogens (tertiary/aromatic N) is 2. The second-order valence-corrected chi connectivity index (χ2v) is 26.5. The monoisotopic (exact) mass is 1120 g/mol. The van der Waals surface area contributed by atoms with E-state index in [-0.39, 0.29) is 0 Å². The highest BCUT2D eigenvalue weighted by atomic mass is 15.2. The summed E-state index contributed by atoms with van der Waals surface area (Å²) < 4.78 is 1.74. The fourth-order valence-electron chi connectivity index (χ4n) is 13.4. The van der Waals surface area contributed by atoms with Crippen LogP contribution in [-0.4, -0.2) is 4.70 Å². The molecule has 0 aromatic heterocycles. The Morgan fingerprint density at radius 1 is 0.210 bits per heavy atom. The summed E-state index contributed by atoms with van der Waals surface area (Å²) in [5.74, 6) is 0. The lowest BCUT2D eigenvalue weighted by atomic mass is 9.89. The number of unbranched alkanes of at least 4 members (excludes halogenated alkanes) is 45. The van der Waals surface area contributed by atoms with Gasteiger partial charge in [-0.2, -0.15) is 0 Å². The normalized spacial score (nSPS) is 12.8. The maximum absolute atomic E-state index is 13.0. The van der Waals surface area contributed by atoms with E-state index in [0.717, 1.165) is 49.9 Å². The van der Waals surface area contributed by atoms with Crippen molar-refractivity contribution in [1.82, 2.24) is 0 Å². The minimum Gasteiger partial charge on any atom is -0.493 e. The van der Waals surface area contributed by atoms with Crippen molar-refractivity contribution in [2.45, 2.75) is 408 Å². The van der Waals surface area contributed by atoms with Crippen molar-refractivity contribution in [1.29, 1.82) is 0 Å². The van der Waals surface area contributed by atoms with E-state index >= 15 is 0 Å². The van der Waals surface area contributed by atoms with E-state index < -0.39 is 0 Å². The minimum absolute atomic E-state index is 1.05. The molecule has 1 aliphatic rings. The van der Waals surface area contributed by atoms with Crippen LogP contribution in [0.2, 0.25) is 0 Å². The first kappa shape index (κ1) is 72.8. The molecule has 3 rings (SSSR count). The van der Waals surface area contributed by atoms with E-state index in [1.54, 1.807) is 4.70 Å². The van der Waals surface area contributed by atoms with Crippen LogP contribution in [0.5, 0.6) is 0 Å². The topological polar surface area (TPSA) is 25.3 Å². The second-order valence-electron chi connectivity index (χ2n) is 26.5. The fourth-order valence-corrected chi connectivity index (χ4v) is 13.4. The zero-order valence-corrected chi connectivity index (χ0v) is 55.7. The Kier molecular flexibility index (Phi) is 46.6. The third-order valence-corrected chi connectivity index (χ3v) is 18.6. The van der Waals surface area contributed by atoms with E-state index in [0.29, 0.717) is 0 Å². The number of aryl methyl sites for hydroxylation is 4. The zero-order chi connectivity index (χ0) is 57.9. The van der Waals surface area contributed by atoms with Gasteiger partial charge in [-0.25, -0.2) is 4.70 Å². The molecule has 2 aromatic rings. The summed E-state index contributed by atoms with van der Waals surface area (Å²) in [5, 5.41) is 0. The molecule has 0 spiro atoms. The lowest BCUT2D eigenvalue weighted by Gasteiger charge is -2.15. The van der Waals surface area contributed by atoms with Crippen molar-refractivity contribution >= 4 is 11.4 Å². The summed E-state index contributed by atoms with van der Waals surface area (Å²) in [7, 11) is 0. The Bertz CT molecular complexity index is 1860. The van der Waals surface area contributed by atoms with Gasteiger partial charge in [0, 0.05) is 22.3 Å². The van der Waals surface area contributed by atoms with Gasteiger partial charge < -0.3 is 5.53 Å². The highest BCUT2D eigenvalue weighted by Crippen LogP contribution is 2.45. The largest absolute Gasteiger partial charge is 0.493 e. The maximum atomic E-state index is 13.0. The van der Waals surface area contributed by atoms with Crippen molar-refractivity contribution in [2.75, 3.05) is 0 Å². The second kappa shape index (κ2) is 51.9. The van der Waals surface area contributed by atoms with Gasteiger partial charge in [0.15, 0.2) is 0 Å². The number of rotatable bonds is 59. The van der Waals surface area contributed by atoms with Gasteiger partial charge in [0.1, 0.15) is 0 Å². The molecule has 2 aromatic carbocycles. The fraction of sp³-hybridized carbons (Fsp3) is 0.797. The Morgan fingerprint density at radius 2 is 0.383 bits per heavy atom. The Labute approximate surface area is 507 Å². The van der Waals surface area contributed by atoms with Gasteiger partial charge in [-0.05, 0) is 124 Å². The average Bonchev–Trinajstić information content (AvgIpc) is 4.03. The first-order valence-electron chi connectivity index (χ1n) is 37.2. The number of hydrogen-bond donors (Lipinski definition) is 0. The van der Waals surface area contributed by atoms with Crippen LogP contribution in [0.4, 0.5) is 0 Å². The summed E-state index contributed by atoms with van der Waals surface area (Å²) in [6.45, 7) is 14.0. The SMILES string of the molecule is CCCCCCCCCCCCCCCCCCCCCc1cc(CCCC)cc(C2=C(CCCCC)C(CCCCCCCC)=C(c3cc(CCCC)cc(CCCCCCCCCCCCCCCCCCCCC)c3)[N+]2=[N-])c1. The molecule has 1 heterocycles. The molecule has 0 saturated heterocycles. The van der Waals surface area contributed by atoms with Gasteiger partial charge in [-0.1, -0.05) is 343 Å². The molecule has 1 aliphatic heterocycles. The molecule has 0 fully saturated rings. The number of hydrogen-bond acceptors (Lipinski definition) is 0. The average molecular weight is 1120 g/mol. The third kappa shape index (κ3) is 34.9. The van der Waals surface area contributed by atoms with Crippen LogP contribution in [0.15, 0.2) is 47.5 Å². The van der Waals surface area contributed by atoms with E-state index in [9.17, 15) is 5.53 Å². The van der Waals surface area contributed by atoms with Crippen LogP contribution >= 0.6 is 0 Å². The molecule has 0 radical (unpaired) electrons. The summed E-state index contributed by atoms with van der Waals surface area (Å²) >= 11 is 0. The number of allylic oxidation sites excluding steroid dienone is 2. The predicted molar refractivity (Wildman–Crippen MR) is 364 cm³/mol. The molecule has 0 atom stereocenters. The van der Waals surface area contributed by atoms with E-state index in [1.807, 2.05) is 0 Å². The maximum Gasteiger partial charge on any atom is 0.211 e.